The van der Waals surface area contributed by atoms with Crippen molar-refractivity contribution < 1.29 is 23.9 Å². The average molecular weight is 542 g/mol. The summed E-state index contributed by atoms with van der Waals surface area (Å²) in [6.07, 6.45) is 3.87. The van der Waals surface area contributed by atoms with Crippen LogP contribution in [-0.4, -0.2) is 43.7 Å². The Morgan fingerprint density at radius 1 is 0.756 bits per heavy atom. The standard InChI is InChI=1S/C35H27NO5/c1-40-27-18-10-16-25(32(27)41-2)29-30(31(37)22-12-4-3-5-13-22)36-26-17-9-6-11-21(26)19-20-28(36)35(29)33(38)23-14-7-8-15-24(23)34(35)39/h3-20,28-30H,1-2H3/t28-,29-,30+/m0/s1. The van der Waals surface area contributed by atoms with Gasteiger partial charge in [-0.1, -0.05) is 97.1 Å². The molecule has 1 spiro atoms. The third-order valence-electron chi connectivity index (χ3n) is 8.81. The van der Waals surface area contributed by atoms with Crippen LogP contribution in [0.3, 0.4) is 0 Å². The number of carbonyl (C=O) groups is 3. The van der Waals surface area contributed by atoms with Gasteiger partial charge in [-0.15, -0.1) is 0 Å². The van der Waals surface area contributed by atoms with E-state index in [2.05, 4.69) is 0 Å². The summed E-state index contributed by atoms with van der Waals surface area (Å²) < 4.78 is 11.5. The van der Waals surface area contributed by atoms with E-state index in [1.807, 2.05) is 71.6 Å². The first-order valence-corrected chi connectivity index (χ1v) is 13.6. The van der Waals surface area contributed by atoms with E-state index in [4.69, 9.17) is 9.47 Å². The molecule has 0 radical (unpaired) electrons. The van der Waals surface area contributed by atoms with Crippen LogP contribution in [0.4, 0.5) is 5.69 Å². The zero-order valence-corrected chi connectivity index (χ0v) is 22.6. The van der Waals surface area contributed by atoms with Gasteiger partial charge in [0.2, 0.25) is 0 Å². The first-order chi connectivity index (χ1) is 20.0. The van der Waals surface area contributed by atoms with Crippen molar-refractivity contribution in [3.05, 3.63) is 131 Å². The molecule has 6 nitrogen and oxygen atoms in total. The Kier molecular flexibility index (Phi) is 5.68. The molecule has 41 heavy (non-hydrogen) atoms. The molecule has 0 N–H and O–H groups in total. The summed E-state index contributed by atoms with van der Waals surface area (Å²) in [7, 11) is 3.08. The quantitative estimate of drug-likeness (QED) is 0.227. The van der Waals surface area contributed by atoms with Gasteiger partial charge in [-0.2, -0.15) is 0 Å². The van der Waals surface area contributed by atoms with E-state index in [-0.39, 0.29) is 17.3 Å². The summed E-state index contributed by atoms with van der Waals surface area (Å²) in [6.45, 7) is 0. The molecule has 202 valence electrons. The zero-order valence-electron chi connectivity index (χ0n) is 22.6. The summed E-state index contributed by atoms with van der Waals surface area (Å²) in [5, 5.41) is 0. The highest BCUT2D eigenvalue weighted by Gasteiger charge is 2.72. The number of hydrogen-bond donors (Lipinski definition) is 0. The smallest absolute Gasteiger partial charge is 0.185 e. The predicted octanol–water partition coefficient (Wildman–Crippen LogP) is 6.02. The molecule has 4 aromatic carbocycles. The Balaban J connectivity index is 1.59. The van der Waals surface area contributed by atoms with Crippen molar-refractivity contribution in [2.45, 2.75) is 18.0 Å². The fourth-order valence-corrected chi connectivity index (χ4v) is 7.19. The molecule has 7 rings (SSSR count). The second-order valence-electron chi connectivity index (χ2n) is 10.6. The number of Topliss-reactive ketones (excluding diaryl/α,β-unsaturated/α-hetero) is 3. The fraction of sp³-hybridized carbons (Fsp3) is 0.171. The normalized spacial score (nSPS) is 21.4. The molecule has 4 aromatic rings. The molecule has 1 aliphatic carbocycles. The predicted molar refractivity (Wildman–Crippen MR) is 156 cm³/mol. The lowest BCUT2D eigenvalue weighted by Gasteiger charge is -2.37. The zero-order chi connectivity index (χ0) is 28.3. The molecule has 0 amide bonds. The van der Waals surface area contributed by atoms with Gasteiger partial charge < -0.3 is 14.4 Å². The maximum absolute atomic E-state index is 14.8. The number of ether oxygens (including phenoxy) is 2. The van der Waals surface area contributed by atoms with Gasteiger partial charge in [-0.3, -0.25) is 14.4 Å². The topological polar surface area (TPSA) is 72.9 Å². The Labute approximate surface area is 237 Å². The summed E-state index contributed by atoms with van der Waals surface area (Å²) in [4.78, 5) is 46.3. The molecule has 2 heterocycles. The molecule has 0 aromatic heterocycles. The summed E-state index contributed by atoms with van der Waals surface area (Å²) >= 11 is 0. The number of hydrogen-bond acceptors (Lipinski definition) is 6. The van der Waals surface area contributed by atoms with Crippen LogP contribution in [0.1, 0.15) is 48.1 Å². The molecular weight excluding hydrogens is 514 g/mol. The van der Waals surface area contributed by atoms with Crippen molar-refractivity contribution in [2.75, 3.05) is 19.1 Å². The van der Waals surface area contributed by atoms with Gasteiger partial charge in [0, 0.05) is 33.9 Å². The molecule has 1 fully saturated rings. The minimum absolute atomic E-state index is 0.177. The lowest BCUT2D eigenvalue weighted by atomic mass is 9.64. The molecule has 6 heteroatoms. The number of rotatable bonds is 5. The van der Waals surface area contributed by atoms with Gasteiger partial charge in [0.15, 0.2) is 28.8 Å². The number of methoxy groups -OCH3 is 2. The first kappa shape index (κ1) is 25.0. The van der Waals surface area contributed by atoms with Gasteiger partial charge in [-0.05, 0) is 17.7 Å². The number of para-hydroxylation sites is 2. The van der Waals surface area contributed by atoms with E-state index < -0.39 is 23.4 Å². The van der Waals surface area contributed by atoms with Crippen LogP contribution in [0.2, 0.25) is 0 Å². The van der Waals surface area contributed by atoms with Gasteiger partial charge in [0.05, 0.1) is 20.3 Å². The van der Waals surface area contributed by atoms with E-state index in [1.54, 1.807) is 49.6 Å². The van der Waals surface area contributed by atoms with Crippen LogP contribution < -0.4 is 14.4 Å². The monoisotopic (exact) mass is 541 g/mol. The maximum atomic E-state index is 14.8. The van der Waals surface area contributed by atoms with Gasteiger partial charge >= 0.3 is 0 Å². The Morgan fingerprint density at radius 2 is 1.41 bits per heavy atom. The van der Waals surface area contributed by atoms with Crippen molar-refractivity contribution in [3.63, 3.8) is 0 Å². The summed E-state index contributed by atoms with van der Waals surface area (Å²) in [6, 6.07) is 27.6. The molecule has 2 aliphatic heterocycles. The molecule has 0 bridgehead atoms. The minimum Gasteiger partial charge on any atom is -0.493 e. The number of ketones is 3. The molecule has 3 atom stereocenters. The lowest BCUT2D eigenvalue weighted by Crippen LogP contribution is -2.48. The van der Waals surface area contributed by atoms with Crippen molar-refractivity contribution >= 4 is 29.1 Å². The van der Waals surface area contributed by atoms with Gasteiger partial charge in [0.25, 0.3) is 0 Å². The number of benzene rings is 4. The maximum Gasteiger partial charge on any atom is 0.185 e. The third kappa shape index (κ3) is 3.27. The second kappa shape index (κ2) is 9.30. The van der Waals surface area contributed by atoms with Crippen LogP contribution in [-0.2, 0) is 0 Å². The summed E-state index contributed by atoms with van der Waals surface area (Å²) in [5.74, 6) is -0.760. The number of carbonyl (C=O) groups excluding carboxylic acids is 3. The van der Waals surface area contributed by atoms with Crippen LogP contribution in [0.5, 0.6) is 11.5 Å². The van der Waals surface area contributed by atoms with Crippen LogP contribution in [0.15, 0.2) is 103 Å². The third-order valence-corrected chi connectivity index (χ3v) is 8.81. The van der Waals surface area contributed by atoms with Crippen LogP contribution in [0, 0.1) is 5.41 Å². The highest BCUT2D eigenvalue weighted by atomic mass is 16.5. The Hall–Kier alpha value is -4.97. The van der Waals surface area contributed by atoms with Gasteiger partial charge in [-0.25, -0.2) is 0 Å². The lowest BCUT2D eigenvalue weighted by molar-refractivity contribution is 0.0664. The van der Waals surface area contributed by atoms with Crippen LogP contribution in [0.25, 0.3) is 6.08 Å². The highest BCUT2D eigenvalue weighted by Crippen LogP contribution is 2.62. The van der Waals surface area contributed by atoms with E-state index in [0.717, 1.165) is 11.3 Å². The molecule has 0 saturated carbocycles. The fourth-order valence-electron chi connectivity index (χ4n) is 7.19. The number of nitrogens with zero attached hydrogens (tertiary/aromatic N) is 1. The molecule has 3 aliphatic rings. The minimum atomic E-state index is -1.61. The SMILES string of the molecule is COc1cccc([C@H]2[C@H](C(=O)c3ccccc3)N3c4ccccc4C=C[C@H]3C23C(=O)c2ccccc2C3=O)c1OC. The Morgan fingerprint density at radius 3 is 2.10 bits per heavy atom. The number of fused-ring (bicyclic) bond motifs is 5. The Bertz CT molecular complexity index is 1720. The van der Waals surface area contributed by atoms with Gasteiger partial charge in [0.1, 0.15) is 11.5 Å². The average Bonchev–Trinajstić information content (AvgIpc) is 3.46. The highest BCUT2D eigenvalue weighted by molar-refractivity contribution is 6.32. The largest absolute Gasteiger partial charge is 0.493 e. The van der Waals surface area contributed by atoms with E-state index in [0.29, 0.717) is 33.8 Å². The molecule has 0 unspecified atom stereocenters. The van der Waals surface area contributed by atoms with Crippen molar-refractivity contribution in [2.24, 2.45) is 5.41 Å². The van der Waals surface area contributed by atoms with Crippen LogP contribution >= 0.6 is 0 Å². The summed E-state index contributed by atoms with van der Waals surface area (Å²) in [5.41, 5.74) is 1.95. The molecular formula is C35H27NO5. The molecule has 1 saturated heterocycles. The number of anilines is 1. The van der Waals surface area contributed by atoms with Crippen molar-refractivity contribution in [1.82, 2.24) is 0 Å². The van der Waals surface area contributed by atoms with E-state index >= 15 is 0 Å². The van der Waals surface area contributed by atoms with Crippen molar-refractivity contribution in [1.29, 1.82) is 0 Å². The second-order valence-corrected chi connectivity index (χ2v) is 10.6. The van der Waals surface area contributed by atoms with E-state index in [1.165, 1.54) is 7.11 Å². The first-order valence-electron chi connectivity index (χ1n) is 13.6. The van der Waals surface area contributed by atoms with E-state index in [9.17, 15) is 14.4 Å². The van der Waals surface area contributed by atoms with Crippen molar-refractivity contribution in [3.8, 4) is 11.5 Å².